The van der Waals surface area contributed by atoms with Gasteiger partial charge in [0.15, 0.2) is 0 Å². The van der Waals surface area contributed by atoms with E-state index in [4.69, 9.17) is 16.2 Å². The molecule has 0 radical (unpaired) electrons. The molecule has 2 atom stereocenters. The Morgan fingerprint density at radius 3 is 2.50 bits per heavy atom. The molecule has 0 bridgehead atoms. The predicted molar refractivity (Wildman–Crippen MR) is 53.8 cm³/mol. The number of amides is 1. The first-order valence-electron chi connectivity index (χ1n) is 5.08. The summed E-state index contributed by atoms with van der Waals surface area (Å²) >= 11 is 0. The highest BCUT2D eigenvalue weighted by atomic mass is 16.6. The molecule has 0 saturated carbocycles. The van der Waals surface area contributed by atoms with Gasteiger partial charge in [0.05, 0.1) is 6.61 Å². The second kappa shape index (κ2) is 5.17. The van der Waals surface area contributed by atoms with Gasteiger partial charge in [-0.1, -0.05) is 13.3 Å². The molecule has 1 fully saturated rings. The largest absolute Gasteiger partial charge is 0.449 e. The van der Waals surface area contributed by atoms with E-state index in [1.165, 1.54) is 0 Å². The summed E-state index contributed by atoms with van der Waals surface area (Å²) in [7, 11) is 0. The highest BCUT2D eigenvalue weighted by Crippen LogP contribution is 2.08. The highest BCUT2D eigenvalue weighted by molar-refractivity contribution is 5.68. The molecule has 0 aromatic heterocycles. The van der Waals surface area contributed by atoms with Crippen LogP contribution in [0, 0.1) is 0 Å². The third-order valence-electron chi connectivity index (χ3n) is 2.39. The maximum atomic E-state index is 11.4. The topological polar surface area (TPSA) is 81.6 Å². The van der Waals surface area contributed by atoms with E-state index in [0.29, 0.717) is 19.7 Å². The molecule has 14 heavy (non-hydrogen) atoms. The first-order valence-corrected chi connectivity index (χ1v) is 5.08. The molecule has 1 aliphatic heterocycles. The van der Waals surface area contributed by atoms with Crippen LogP contribution in [-0.2, 0) is 4.74 Å². The van der Waals surface area contributed by atoms with Crippen LogP contribution in [-0.4, -0.2) is 42.8 Å². The molecule has 1 amide bonds. The predicted octanol–water partition coefficient (Wildman–Crippen LogP) is -0.107. The van der Waals surface area contributed by atoms with Crippen molar-refractivity contribution in [2.45, 2.75) is 31.8 Å². The molecule has 0 aromatic carbocycles. The van der Waals surface area contributed by atoms with E-state index in [2.05, 4.69) is 6.92 Å². The number of hydrogen-bond acceptors (Lipinski definition) is 4. The summed E-state index contributed by atoms with van der Waals surface area (Å²) < 4.78 is 5.04. The Hall–Kier alpha value is -0.810. The van der Waals surface area contributed by atoms with Crippen LogP contribution in [0.1, 0.15) is 19.8 Å². The lowest BCUT2D eigenvalue weighted by Gasteiger charge is -2.15. The van der Waals surface area contributed by atoms with Crippen LogP contribution in [0.2, 0.25) is 0 Å². The normalized spacial score (nSPS) is 26.6. The Morgan fingerprint density at radius 1 is 1.43 bits per heavy atom. The van der Waals surface area contributed by atoms with Gasteiger partial charge in [-0.15, -0.1) is 0 Å². The Labute approximate surface area is 84.4 Å². The van der Waals surface area contributed by atoms with E-state index in [9.17, 15) is 4.79 Å². The van der Waals surface area contributed by atoms with Gasteiger partial charge in [-0.2, -0.15) is 0 Å². The lowest BCUT2D eigenvalue weighted by molar-refractivity contribution is 0.108. The smallest absolute Gasteiger partial charge is 0.409 e. The minimum atomic E-state index is -0.290. The molecule has 0 spiro atoms. The molecule has 0 aromatic rings. The van der Waals surface area contributed by atoms with Crippen molar-refractivity contribution < 1.29 is 9.53 Å². The number of nitrogens with two attached hydrogens (primary N) is 2. The van der Waals surface area contributed by atoms with Crippen molar-refractivity contribution in [1.82, 2.24) is 4.90 Å². The third kappa shape index (κ3) is 2.85. The van der Waals surface area contributed by atoms with Gasteiger partial charge < -0.3 is 21.1 Å². The van der Waals surface area contributed by atoms with Crippen molar-refractivity contribution in [3.8, 4) is 0 Å². The van der Waals surface area contributed by atoms with E-state index in [0.717, 1.165) is 12.8 Å². The zero-order valence-electron chi connectivity index (χ0n) is 8.61. The summed E-state index contributed by atoms with van der Waals surface area (Å²) in [5, 5.41) is 0. The standard InChI is InChI=1S/C9H19N3O2/c1-2-3-4-14-9(13)12-5-7(10)8(11)6-12/h7-8H,2-6,10-11H2,1H3. The monoisotopic (exact) mass is 201 g/mol. The maximum absolute atomic E-state index is 11.4. The van der Waals surface area contributed by atoms with Crippen LogP contribution in [0.5, 0.6) is 0 Å². The quantitative estimate of drug-likeness (QED) is 0.624. The molecular formula is C9H19N3O2. The summed E-state index contributed by atoms with van der Waals surface area (Å²) in [5.74, 6) is 0. The van der Waals surface area contributed by atoms with E-state index in [-0.39, 0.29) is 18.2 Å². The minimum absolute atomic E-state index is 0.117. The molecule has 4 N–H and O–H groups in total. The maximum Gasteiger partial charge on any atom is 0.409 e. The van der Waals surface area contributed by atoms with Crippen LogP contribution in [0.3, 0.4) is 0 Å². The van der Waals surface area contributed by atoms with Crippen LogP contribution in [0.25, 0.3) is 0 Å². The van der Waals surface area contributed by atoms with Crippen LogP contribution >= 0.6 is 0 Å². The van der Waals surface area contributed by atoms with E-state index >= 15 is 0 Å². The average Bonchev–Trinajstić information content (AvgIpc) is 2.47. The zero-order chi connectivity index (χ0) is 10.6. The van der Waals surface area contributed by atoms with E-state index in [1.807, 2.05) is 0 Å². The molecule has 5 heteroatoms. The molecular weight excluding hydrogens is 182 g/mol. The minimum Gasteiger partial charge on any atom is -0.449 e. The Balaban J connectivity index is 2.25. The zero-order valence-corrected chi connectivity index (χ0v) is 8.61. The number of carbonyl (C=O) groups excluding carboxylic acids is 1. The summed E-state index contributed by atoms with van der Waals surface area (Å²) in [6, 6.07) is -0.234. The molecule has 1 saturated heterocycles. The number of ether oxygens (including phenoxy) is 1. The molecule has 1 aliphatic rings. The average molecular weight is 201 g/mol. The second-order valence-electron chi connectivity index (χ2n) is 3.70. The van der Waals surface area contributed by atoms with Gasteiger partial charge in [-0.25, -0.2) is 4.79 Å². The van der Waals surface area contributed by atoms with Gasteiger partial charge in [-0.05, 0) is 6.42 Å². The summed E-state index contributed by atoms with van der Waals surface area (Å²) in [6.07, 6.45) is 1.63. The van der Waals surface area contributed by atoms with Crippen molar-refractivity contribution in [2.24, 2.45) is 11.5 Å². The first-order chi connectivity index (χ1) is 6.65. The van der Waals surface area contributed by atoms with Crippen molar-refractivity contribution in [2.75, 3.05) is 19.7 Å². The van der Waals surface area contributed by atoms with Crippen molar-refractivity contribution in [3.63, 3.8) is 0 Å². The Morgan fingerprint density at radius 2 is 2.00 bits per heavy atom. The number of unbranched alkanes of at least 4 members (excludes halogenated alkanes) is 1. The second-order valence-corrected chi connectivity index (χ2v) is 3.70. The van der Waals surface area contributed by atoms with Gasteiger partial charge in [0, 0.05) is 25.2 Å². The molecule has 82 valence electrons. The molecule has 1 rings (SSSR count). The lowest BCUT2D eigenvalue weighted by Crippen LogP contribution is -2.39. The molecule has 0 aliphatic carbocycles. The van der Waals surface area contributed by atoms with Gasteiger partial charge in [0.25, 0.3) is 0 Å². The van der Waals surface area contributed by atoms with Crippen molar-refractivity contribution >= 4 is 6.09 Å². The number of carbonyl (C=O) groups is 1. The van der Waals surface area contributed by atoms with Crippen molar-refractivity contribution in [3.05, 3.63) is 0 Å². The van der Waals surface area contributed by atoms with Gasteiger partial charge >= 0.3 is 6.09 Å². The van der Waals surface area contributed by atoms with Gasteiger partial charge in [0.2, 0.25) is 0 Å². The fourth-order valence-electron chi connectivity index (χ4n) is 1.40. The molecule has 1 heterocycles. The first kappa shape index (κ1) is 11.3. The molecule has 5 nitrogen and oxygen atoms in total. The van der Waals surface area contributed by atoms with E-state index in [1.54, 1.807) is 4.90 Å². The van der Waals surface area contributed by atoms with Crippen LogP contribution < -0.4 is 11.5 Å². The number of rotatable bonds is 3. The number of nitrogens with zero attached hydrogens (tertiary/aromatic N) is 1. The number of hydrogen-bond donors (Lipinski definition) is 2. The lowest BCUT2D eigenvalue weighted by atomic mass is 10.2. The third-order valence-corrected chi connectivity index (χ3v) is 2.39. The Bertz CT molecular complexity index is 188. The van der Waals surface area contributed by atoms with Crippen LogP contribution in [0.4, 0.5) is 4.79 Å². The fourth-order valence-corrected chi connectivity index (χ4v) is 1.40. The summed E-state index contributed by atoms with van der Waals surface area (Å²) in [6.45, 7) is 3.55. The van der Waals surface area contributed by atoms with E-state index < -0.39 is 0 Å². The van der Waals surface area contributed by atoms with Crippen molar-refractivity contribution in [1.29, 1.82) is 0 Å². The summed E-state index contributed by atoms with van der Waals surface area (Å²) in [5.41, 5.74) is 11.4. The van der Waals surface area contributed by atoms with Gasteiger partial charge in [-0.3, -0.25) is 0 Å². The summed E-state index contributed by atoms with van der Waals surface area (Å²) in [4.78, 5) is 13.0. The fraction of sp³-hybridized carbons (Fsp3) is 0.889. The molecule has 2 unspecified atom stereocenters. The van der Waals surface area contributed by atoms with Crippen LogP contribution in [0.15, 0.2) is 0 Å². The Kier molecular flexibility index (Phi) is 4.16. The highest BCUT2D eigenvalue weighted by Gasteiger charge is 2.30. The van der Waals surface area contributed by atoms with Gasteiger partial charge in [0.1, 0.15) is 0 Å². The number of likely N-dealkylation sites (tertiary alicyclic amines) is 1. The SMILES string of the molecule is CCCCOC(=O)N1CC(N)C(N)C1.